The summed E-state index contributed by atoms with van der Waals surface area (Å²) >= 11 is 9.74. The lowest BCUT2D eigenvalue weighted by Gasteiger charge is -2.34. The second-order valence-electron chi connectivity index (χ2n) is 15.5. The van der Waals surface area contributed by atoms with Gasteiger partial charge in [0.05, 0.1) is 50.3 Å². The van der Waals surface area contributed by atoms with Crippen LogP contribution in [-0.4, -0.2) is 144 Å². The number of nitrogens with zero attached hydrogens (tertiary/aromatic N) is 1. The van der Waals surface area contributed by atoms with Crippen molar-refractivity contribution in [2.24, 2.45) is 29.1 Å². The molecule has 20 heteroatoms. The minimum atomic E-state index is -1.38. The molecule has 320 valence electrons. The van der Waals surface area contributed by atoms with Crippen molar-refractivity contribution in [3.63, 3.8) is 0 Å². The zero-order valence-corrected chi connectivity index (χ0v) is 37.7. The van der Waals surface area contributed by atoms with E-state index in [9.17, 15) is 38.4 Å². The van der Waals surface area contributed by atoms with Crippen molar-refractivity contribution in [2.75, 3.05) is 79.1 Å². The number of amides is 4. The third-order valence-corrected chi connectivity index (χ3v) is 10.1. The SMILES string of the molecule is CC(C)(Br)C(=O)OCC(COCC(=O)NCCOCCOCCNC(=O)CCN1C(=O)C2C3C=CC(C3=O)C2C1=O)(COC(=O)C(C)(C)Br)COC(=O)C(C)(C)Br. The van der Waals surface area contributed by atoms with Crippen LogP contribution in [0.5, 0.6) is 0 Å². The summed E-state index contributed by atoms with van der Waals surface area (Å²) in [6.07, 6.45) is 3.35. The van der Waals surface area contributed by atoms with Crippen LogP contribution in [0, 0.1) is 29.1 Å². The van der Waals surface area contributed by atoms with Crippen LogP contribution >= 0.6 is 47.8 Å². The summed E-state index contributed by atoms with van der Waals surface area (Å²) in [5, 5.41) is 5.32. The van der Waals surface area contributed by atoms with Crippen molar-refractivity contribution < 1.29 is 66.8 Å². The highest BCUT2D eigenvalue weighted by molar-refractivity contribution is 9.10. The summed E-state index contributed by atoms with van der Waals surface area (Å²) in [6.45, 7) is 8.78. The fraction of sp³-hybridized carbons (Fsp3) is 0.730. The maximum atomic E-state index is 12.8. The highest BCUT2D eigenvalue weighted by Crippen LogP contribution is 2.50. The van der Waals surface area contributed by atoms with E-state index in [1.54, 1.807) is 53.7 Å². The summed E-state index contributed by atoms with van der Waals surface area (Å²) in [5.41, 5.74) is -1.38. The molecule has 2 bridgehead atoms. The van der Waals surface area contributed by atoms with Crippen LogP contribution in [-0.2, 0) is 66.8 Å². The van der Waals surface area contributed by atoms with E-state index in [0.717, 1.165) is 4.90 Å². The van der Waals surface area contributed by atoms with Gasteiger partial charge in [-0.1, -0.05) is 59.9 Å². The number of rotatable bonds is 25. The molecule has 0 aromatic carbocycles. The first-order valence-corrected chi connectivity index (χ1v) is 20.8. The standard InChI is InChI=1S/C37H52Br3N3O14/c1-34(2,38)31(49)55-19-37(20-56-32(50)35(3,4)39,21-57-33(51)36(5,6)40)18-54-17-25(45)42-11-14-53-16-15-52-13-10-41-24(44)9-12-43-29(47)26-22-7-8-23(28(22)46)27(26)30(43)48/h7-8,22-23,26-27H,9-21H2,1-6H3,(H,41,44)(H,42,45). The van der Waals surface area contributed by atoms with Crippen LogP contribution in [0.2, 0.25) is 0 Å². The van der Waals surface area contributed by atoms with Crippen LogP contribution < -0.4 is 10.6 Å². The molecule has 1 saturated heterocycles. The predicted molar refractivity (Wildman–Crippen MR) is 212 cm³/mol. The number of carbonyl (C=O) groups excluding carboxylic acids is 8. The van der Waals surface area contributed by atoms with Crippen molar-refractivity contribution in [1.29, 1.82) is 0 Å². The van der Waals surface area contributed by atoms with Gasteiger partial charge in [-0.3, -0.25) is 43.3 Å². The Bertz CT molecular complexity index is 1440. The zero-order valence-electron chi connectivity index (χ0n) is 33.0. The molecule has 0 radical (unpaired) electrons. The third-order valence-electron chi connectivity index (χ3n) is 9.14. The molecule has 4 amide bonds. The minimum Gasteiger partial charge on any atom is -0.464 e. The number of ether oxygens (including phenoxy) is 6. The van der Waals surface area contributed by atoms with E-state index in [2.05, 4.69) is 58.4 Å². The molecule has 1 aliphatic heterocycles. The van der Waals surface area contributed by atoms with Gasteiger partial charge < -0.3 is 39.1 Å². The zero-order chi connectivity index (χ0) is 42.8. The lowest BCUT2D eigenvalue weighted by molar-refractivity contribution is -0.170. The van der Waals surface area contributed by atoms with Gasteiger partial charge in [0.25, 0.3) is 0 Å². The Labute approximate surface area is 357 Å². The number of nitrogens with one attached hydrogen (secondary N) is 2. The summed E-state index contributed by atoms with van der Waals surface area (Å²) < 4.78 is 30.0. The second kappa shape index (κ2) is 21.0. The highest BCUT2D eigenvalue weighted by atomic mass is 79.9. The molecule has 3 rings (SSSR count). The van der Waals surface area contributed by atoms with Crippen LogP contribution in [0.3, 0.4) is 0 Å². The molecule has 2 aliphatic carbocycles. The first-order chi connectivity index (χ1) is 26.5. The van der Waals surface area contributed by atoms with Crippen LogP contribution in [0.4, 0.5) is 0 Å². The maximum absolute atomic E-state index is 12.8. The van der Waals surface area contributed by atoms with Gasteiger partial charge >= 0.3 is 17.9 Å². The number of alkyl halides is 3. The number of ketones is 1. The molecule has 2 fully saturated rings. The monoisotopic (exact) mass is 999 g/mol. The van der Waals surface area contributed by atoms with Gasteiger partial charge in [-0.05, 0) is 41.5 Å². The molecule has 4 atom stereocenters. The Morgan fingerprint density at radius 2 is 1.02 bits per heavy atom. The van der Waals surface area contributed by atoms with Gasteiger partial charge in [0.2, 0.25) is 23.6 Å². The lowest BCUT2D eigenvalue weighted by atomic mass is 9.85. The van der Waals surface area contributed by atoms with E-state index in [4.69, 9.17) is 28.4 Å². The third kappa shape index (κ3) is 14.2. The van der Waals surface area contributed by atoms with Gasteiger partial charge in [0, 0.05) is 37.9 Å². The van der Waals surface area contributed by atoms with Crippen molar-refractivity contribution in [3.8, 4) is 0 Å². The Kier molecular flexibility index (Phi) is 17.9. The van der Waals surface area contributed by atoms with Crippen molar-refractivity contribution in [1.82, 2.24) is 15.5 Å². The highest BCUT2D eigenvalue weighted by Gasteiger charge is 2.63. The molecule has 1 saturated carbocycles. The van der Waals surface area contributed by atoms with Crippen molar-refractivity contribution in [2.45, 2.75) is 60.9 Å². The van der Waals surface area contributed by atoms with Gasteiger partial charge in [0.1, 0.15) is 45.2 Å². The predicted octanol–water partition coefficient (Wildman–Crippen LogP) is 1.78. The number of halogens is 3. The average molecular weight is 1000 g/mol. The molecule has 2 N–H and O–H groups in total. The molecule has 4 unspecified atom stereocenters. The van der Waals surface area contributed by atoms with E-state index >= 15 is 0 Å². The summed E-state index contributed by atoms with van der Waals surface area (Å²) in [7, 11) is 0. The molecule has 17 nitrogen and oxygen atoms in total. The Balaban J connectivity index is 1.33. The number of fused-ring (bicyclic) bond motifs is 5. The first kappa shape index (κ1) is 48.6. The minimum absolute atomic E-state index is 0.0453. The Morgan fingerprint density at radius 3 is 1.42 bits per heavy atom. The number of esters is 3. The molecule has 0 aromatic rings. The largest absolute Gasteiger partial charge is 0.464 e. The van der Waals surface area contributed by atoms with E-state index in [1.807, 2.05) is 0 Å². The molecule has 0 spiro atoms. The molecule has 1 heterocycles. The number of allylic oxidation sites excluding steroid dienone is 2. The molecule has 57 heavy (non-hydrogen) atoms. The van der Waals surface area contributed by atoms with Gasteiger partial charge in [0.15, 0.2) is 0 Å². The van der Waals surface area contributed by atoms with E-state index in [1.165, 1.54) is 0 Å². The summed E-state index contributed by atoms with van der Waals surface area (Å²) in [6, 6.07) is 0. The van der Waals surface area contributed by atoms with Crippen LogP contribution in [0.15, 0.2) is 12.2 Å². The first-order valence-electron chi connectivity index (χ1n) is 18.4. The van der Waals surface area contributed by atoms with Gasteiger partial charge in [-0.2, -0.15) is 0 Å². The second-order valence-corrected chi connectivity index (χ2v) is 21.5. The molecular formula is C37H52Br3N3O14. The van der Waals surface area contributed by atoms with Gasteiger partial charge in [-0.25, -0.2) is 0 Å². The van der Waals surface area contributed by atoms with E-state index in [-0.39, 0.29) is 102 Å². The number of Topliss-reactive ketones (excluding diaryl/α,β-unsaturated/α-hetero) is 1. The summed E-state index contributed by atoms with van der Waals surface area (Å²) in [5.74, 6) is -5.94. The quantitative estimate of drug-likeness (QED) is 0.0333. The number of imide groups is 1. The Hall–Kier alpha value is -2.78. The molecular weight excluding hydrogens is 950 g/mol. The number of likely N-dealkylation sites (tertiary alicyclic amines) is 1. The van der Waals surface area contributed by atoms with Crippen molar-refractivity contribution >= 4 is 95.1 Å². The maximum Gasteiger partial charge on any atom is 0.322 e. The Morgan fingerprint density at radius 1 is 0.614 bits per heavy atom. The number of hydrogen-bond donors (Lipinski definition) is 2. The van der Waals surface area contributed by atoms with Crippen LogP contribution in [0.1, 0.15) is 48.0 Å². The summed E-state index contributed by atoms with van der Waals surface area (Å²) in [4.78, 5) is 102. The van der Waals surface area contributed by atoms with Crippen molar-refractivity contribution in [3.05, 3.63) is 12.2 Å². The van der Waals surface area contributed by atoms with Gasteiger partial charge in [-0.15, -0.1) is 0 Å². The smallest absolute Gasteiger partial charge is 0.322 e. The lowest BCUT2D eigenvalue weighted by Crippen LogP contribution is -2.47. The number of carbonyl (C=O) groups is 8. The van der Waals surface area contributed by atoms with E-state index in [0.29, 0.717) is 0 Å². The fourth-order valence-corrected chi connectivity index (χ4v) is 6.32. The fourth-order valence-electron chi connectivity index (χ4n) is 5.98. The number of hydrogen-bond acceptors (Lipinski definition) is 14. The normalized spacial score (nSPS) is 20.4. The topological polar surface area (TPSA) is 219 Å². The van der Waals surface area contributed by atoms with Crippen LogP contribution in [0.25, 0.3) is 0 Å². The molecule has 3 aliphatic rings. The van der Waals surface area contributed by atoms with E-state index < -0.39 is 72.5 Å². The molecule has 0 aromatic heterocycles. The average Bonchev–Trinajstić information content (AvgIpc) is 3.71.